The van der Waals surface area contributed by atoms with Crippen molar-refractivity contribution in [3.05, 3.63) is 23.2 Å². The molecule has 2 rings (SSSR count). The SMILES string of the molecule is C[C@H](C(=O)Nc1ccc(Cl)c(S(=O)(=O)N(C)C)c1)N1CCCC1. The number of hydrogen-bond acceptors (Lipinski definition) is 4. The van der Waals surface area contributed by atoms with Gasteiger partial charge in [-0.1, -0.05) is 11.6 Å². The zero-order valence-corrected chi connectivity index (χ0v) is 15.1. The molecule has 1 atom stereocenters. The van der Waals surface area contributed by atoms with Crippen LogP contribution in [0.5, 0.6) is 0 Å². The monoisotopic (exact) mass is 359 g/mol. The fourth-order valence-electron chi connectivity index (χ4n) is 2.52. The highest BCUT2D eigenvalue weighted by Crippen LogP contribution is 2.27. The van der Waals surface area contributed by atoms with Crippen LogP contribution in [0.2, 0.25) is 5.02 Å². The molecule has 0 saturated carbocycles. The highest BCUT2D eigenvalue weighted by Gasteiger charge is 2.25. The molecule has 1 aromatic carbocycles. The summed E-state index contributed by atoms with van der Waals surface area (Å²) in [7, 11) is -0.788. The number of rotatable bonds is 5. The summed E-state index contributed by atoms with van der Waals surface area (Å²) in [4.78, 5) is 14.4. The minimum atomic E-state index is -3.66. The van der Waals surface area contributed by atoms with Crippen LogP contribution < -0.4 is 5.32 Å². The Morgan fingerprint density at radius 1 is 1.30 bits per heavy atom. The third kappa shape index (κ3) is 4.03. The molecule has 23 heavy (non-hydrogen) atoms. The third-order valence-corrected chi connectivity index (χ3v) is 6.32. The summed E-state index contributed by atoms with van der Waals surface area (Å²) < 4.78 is 25.6. The molecule has 0 aromatic heterocycles. The minimum Gasteiger partial charge on any atom is -0.325 e. The molecule has 1 fully saturated rings. The molecule has 1 heterocycles. The van der Waals surface area contributed by atoms with Crippen LogP contribution in [0.25, 0.3) is 0 Å². The molecule has 0 unspecified atom stereocenters. The molecule has 1 saturated heterocycles. The molecular weight excluding hydrogens is 338 g/mol. The number of carbonyl (C=O) groups excluding carboxylic acids is 1. The zero-order valence-electron chi connectivity index (χ0n) is 13.5. The molecule has 6 nitrogen and oxygen atoms in total. The van der Waals surface area contributed by atoms with Crippen molar-refractivity contribution >= 4 is 33.2 Å². The van der Waals surface area contributed by atoms with Crippen LogP contribution in [-0.4, -0.2) is 56.8 Å². The number of sulfonamides is 1. The van der Waals surface area contributed by atoms with Gasteiger partial charge in [0.2, 0.25) is 15.9 Å². The van der Waals surface area contributed by atoms with Crippen LogP contribution >= 0.6 is 11.6 Å². The van der Waals surface area contributed by atoms with Crippen molar-refractivity contribution in [3.8, 4) is 0 Å². The first-order chi connectivity index (χ1) is 10.7. The molecule has 0 radical (unpaired) electrons. The summed E-state index contributed by atoms with van der Waals surface area (Å²) in [5, 5.41) is 2.90. The van der Waals surface area contributed by atoms with Gasteiger partial charge in [0.25, 0.3) is 0 Å². The Hall–Kier alpha value is -1.15. The van der Waals surface area contributed by atoms with Gasteiger partial charge in [0, 0.05) is 19.8 Å². The summed E-state index contributed by atoms with van der Waals surface area (Å²) in [5.74, 6) is -0.151. The van der Waals surface area contributed by atoms with Crippen LogP contribution in [0, 0.1) is 0 Å². The average Bonchev–Trinajstić information content (AvgIpc) is 3.02. The van der Waals surface area contributed by atoms with Crippen LogP contribution in [0.15, 0.2) is 23.1 Å². The standard InChI is InChI=1S/C15H22ClN3O3S/c1-11(19-8-4-5-9-19)15(20)17-12-6-7-13(16)14(10-12)23(21,22)18(2)3/h6-7,10-11H,4-5,8-9H2,1-3H3,(H,17,20)/t11-/m1/s1. The maximum absolute atomic E-state index is 12.3. The van der Waals surface area contributed by atoms with E-state index in [2.05, 4.69) is 10.2 Å². The summed E-state index contributed by atoms with van der Waals surface area (Å²) >= 11 is 6.00. The Morgan fingerprint density at radius 2 is 1.91 bits per heavy atom. The Morgan fingerprint density at radius 3 is 2.48 bits per heavy atom. The van der Waals surface area contributed by atoms with E-state index in [1.54, 1.807) is 6.07 Å². The van der Waals surface area contributed by atoms with E-state index in [0.717, 1.165) is 30.2 Å². The largest absolute Gasteiger partial charge is 0.325 e. The second-order valence-electron chi connectivity index (χ2n) is 5.84. The summed E-state index contributed by atoms with van der Waals surface area (Å²) in [6.07, 6.45) is 2.20. The van der Waals surface area contributed by atoms with E-state index in [1.165, 1.54) is 26.2 Å². The topological polar surface area (TPSA) is 69.7 Å². The van der Waals surface area contributed by atoms with Gasteiger partial charge < -0.3 is 5.32 Å². The minimum absolute atomic E-state index is 0.0178. The lowest BCUT2D eigenvalue weighted by molar-refractivity contribution is -0.120. The average molecular weight is 360 g/mol. The van der Waals surface area contributed by atoms with Gasteiger partial charge in [-0.15, -0.1) is 0 Å². The maximum Gasteiger partial charge on any atom is 0.244 e. The van der Waals surface area contributed by atoms with Gasteiger partial charge >= 0.3 is 0 Å². The van der Waals surface area contributed by atoms with Gasteiger partial charge in [-0.05, 0) is 51.1 Å². The molecule has 8 heteroatoms. The first kappa shape index (κ1) is 18.2. The highest BCUT2D eigenvalue weighted by molar-refractivity contribution is 7.89. The number of nitrogens with one attached hydrogen (secondary N) is 1. The van der Waals surface area contributed by atoms with E-state index in [4.69, 9.17) is 11.6 Å². The number of anilines is 1. The molecule has 0 spiro atoms. The van der Waals surface area contributed by atoms with Gasteiger partial charge in [-0.3, -0.25) is 9.69 Å². The molecule has 1 amide bonds. The lowest BCUT2D eigenvalue weighted by Gasteiger charge is -2.23. The van der Waals surface area contributed by atoms with E-state index in [1.807, 2.05) is 6.92 Å². The second-order valence-corrected chi connectivity index (χ2v) is 8.37. The normalized spacial score (nSPS) is 17.4. The first-order valence-electron chi connectivity index (χ1n) is 7.50. The van der Waals surface area contributed by atoms with Crippen molar-refractivity contribution in [1.82, 2.24) is 9.21 Å². The predicted molar refractivity (Wildman–Crippen MR) is 91.2 cm³/mol. The second kappa shape index (κ2) is 7.17. The van der Waals surface area contributed by atoms with Crippen molar-refractivity contribution in [3.63, 3.8) is 0 Å². The molecule has 1 aromatic rings. The van der Waals surface area contributed by atoms with Crippen LogP contribution in [-0.2, 0) is 14.8 Å². The van der Waals surface area contributed by atoms with Gasteiger partial charge in [0.05, 0.1) is 11.1 Å². The molecular formula is C15H22ClN3O3S. The number of likely N-dealkylation sites (tertiary alicyclic amines) is 1. The molecule has 128 valence electrons. The molecule has 1 aliphatic heterocycles. The smallest absolute Gasteiger partial charge is 0.244 e. The fourth-order valence-corrected chi connectivity index (χ4v) is 3.91. The van der Waals surface area contributed by atoms with Crippen LogP contribution in [0.3, 0.4) is 0 Å². The first-order valence-corrected chi connectivity index (χ1v) is 9.32. The fraction of sp³-hybridized carbons (Fsp3) is 0.533. The third-order valence-electron chi connectivity index (χ3n) is 4.03. The molecule has 0 bridgehead atoms. The Labute approximate surface area is 142 Å². The molecule has 1 aliphatic rings. The van der Waals surface area contributed by atoms with E-state index in [9.17, 15) is 13.2 Å². The van der Waals surface area contributed by atoms with E-state index in [0.29, 0.717) is 5.69 Å². The number of benzene rings is 1. The zero-order chi connectivity index (χ0) is 17.2. The summed E-state index contributed by atoms with van der Waals surface area (Å²) in [5.41, 5.74) is 0.422. The lowest BCUT2D eigenvalue weighted by atomic mass is 10.2. The number of halogens is 1. The maximum atomic E-state index is 12.3. The molecule has 1 N–H and O–H groups in total. The predicted octanol–water partition coefficient (Wildman–Crippen LogP) is 2.01. The Kier molecular flexibility index (Phi) is 5.67. The van der Waals surface area contributed by atoms with Crippen molar-refractivity contribution in [2.75, 3.05) is 32.5 Å². The van der Waals surface area contributed by atoms with E-state index >= 15 is 0 Å². The van der Waals surface area contributed by atoms with Gasteiger partial charge in [0.15, 0.2) is 0 Å². The number of carbonyl (C=O) groups is 1. The quantitative estimate of drug-likeness (QED) is 0.873. The van der Waals surface area contributed by atoms with Gasteiger partial charge in [-0.25, -0.2) is 12.7 Å². The van der Waals surface area contributed by atoms with Crippen molar-refractivity contribution < 1.29 is 13.2 Å². The van der Waals surface area contributed by atoms with Crippen LogP contribution in [0.4, 0.5) is 5.69 Å². The lowest BCUT2D eigenvalue weighted by Crippen LogP contribution is -2.40. The number of nitrogens with zero attached hydrogens (tertiary/aromatic N) is 2. The van der Waals surface area contributed by atoms with Gasteiger partial charge in [0.1, 0.15) is 4.90 Å². The summed E-state index contributed by atoms with van der Waals surface area (Å²) in [6, 6.07) is 4.23. The highest BCUT2D eigenvalue weighted by atomic mass is 35.5. The Balaban J connectivity index is 2.19. The van der Waals surface area contributed by atoms with Crippen molar-refractivity contribution in [2.24, 2.45) is 0 Å². The summed E-state index contributed by atoms with van der Waals surface area (Å²) in [6.45, 7) is 3.68. The van der Waals surface area contributed by atoms with E-state index < -0.39 is 10.0 Å². The Bertz CT molecular complexity index is 685. The van der Waals surface area contributed by atoms with E-state index in [-0.39, 0.29) is 21.9 Å². The molecule has 0 aliphatic carbocycles. The number of hydrogen-bond donors (Lipinski definition) is 1. The van der Waals surface area contributed by atoms with Crippen LogP contribution in [0.1, 0.15) is 19.8 Å². The number of amides is 1. The van der Waals surface area contributed by atoms with Crippen molar-refractivity contribution in [1.29, 1.82) is 0 Å². The van der Waals surface area contributed by atoms with Gasteiger partial charge in [-0.2, -0.15) is 0 Å². The van der Waals surface area contributed by atoms with Crippen molar-refractivity contribution in [2.45, 2.75) is 30.7 Å².